The van der Waals surface area contributed by atoms with Crippen LogP contribution in [0, 0.1) is 5.82 Å². The number of benzene rings is 2. The highest BCUT2D eigenvalue weighted by Crippen LogP contribution is 2.29. The highest BCUT2D eigenvalue weighted by molar-refractivity contribution is 5.85. The summed E-state index contributed by atoms with van der Waals surface area (Å²) in [5, 5.41) is 24.0. The number of hydrogen-bond acceptors (Lipinski definition) is 3. The van der Waals surface area contributed by atoms with Gasteiger partial charge in [-0.25, -0.2) is 4.39 Å². The van der Waals surface area contributed by atoms with Crippen molar-refractivity contribution in [2.75, 3.05) is 13.6 Å². The first-order valence-electron chi connectivity index (χ1n) is 7.48. The standard InChI is InChI=1S/C18H19FN2O2.ClH/c1-20-11-17(23)18(13-3-2-4-14(19)9-13)21-8-7-12-10-15(22)5-6-16(12)21;/h2-10,17-18,20,22-23H,11H2,1H3;1H/t17-,18+;/m1./s1. The highest BCUT2D eigenvalue weighted by Gasteiger charge is 2.24. The molecule has 0 amide bonds. The first-order chi connectivity index (χ1) is 11.1. The fourth-order valence-corrected chi connectivity index (χ4v) is 2.97. The van der Waals surface area contributed by atoms with Crippen LogP contribution >= 0.6 is 12.4 Å². The van der Waals surface area contributed by atoms with Gasteiger partial charge >= 0.3 is 0 Å². The molecule has 0 fully saturated rings. The van der Waals surface area contributed by atoms with Crippen molar-refractivity contribution in [1.82, 2.24) is 9.88 Å². The Morgan fingerprint density at radius 3 is 2.67 bits per heavy atom. The number of likely N-dealkylation sites (N-methyl/N-ethyl adjacent to an activating group) is 1. The van der Waals surface area contributed by atoms with Gasteiger partial charge in [0, 0.05) is 23.6 Å². The van der Waals surface area contributed by atoms with Crippen molar-refractivity contribution < 1.29 is 14.6 Å². The fraction of sp³-hybridized carbons (Fsp3) is 0.222. The van der Waals surface area contributed by atoms with E-state index >= 15 is 0 Å². The van der Waals surface area contributed by atoms with Crippen molar-refractivity contribution >= 4 is 23.3 Å². The van der Waals surface area contributed by atoms with E-state index in [4.69, 9.17) is 0 Å². The van der Waals surface area contributed by atoms with Crippen molar-refractivity contribution in [2.24, 2.45) is 0 Å². The van der Waals surface area contributed by atoms with Crippen LogP contribution in [0.1, 0.15) is 11.6 Å². The summed E-state index contributed by atoms with van der Waals surface area (Å²) in [5.74, 6) is -0.147. The van der Waals surface area contributed by atoms with Crippen molar-refractivity contribution in [3.05, 3.63) is 66.1 Å². The van der Waals surface area contributed by atoms with Crippen LogP contribution in [-0.4, -0.2) is 34.5 Å². The van der Waals surface area contributed by atoms with Gasteiger partial charge in [0.15, 0.2) is 0 Å². The maximum atomic E-state index is 13.6. The van der Waals surface area contributed by atoms with Gasteiger partial charge in [0.2, 0.25) is 0 Å². The van der Waals surface area contributed by atoms with Gasteiger partial charge in [-0.2, -0.15) is 0 Å². The van der Waals surface area contributed by atoms with Crippen molar-refractivity contribution in [3.8, 4) is 5.75 Å². The molecule has 3 rings (SSSR count). The summed E-state index contributed by atoms with van der Waals surface area (Å²) in [5.41, 5.74) is 1.56. The fourth-order valence-electron chi connectivity index (χ4n) is 2.97. The molecule has 4 nitrogen and oxygen atoms in total. The predicted octanol–water partition coefficient (Wildman–Crippen LogP) is 3.08. The summed E-state index contributed by atoms with van der Waals surface area (Å²) in [7, 11) is 1.76. The van der Waals surface area contributed by atoms with E-state index in [1.807, 2.05) is 16.8 Å². The lowest BCUT2D eigenvalue weighted by atomic mass is 10.0. The minimum atomic E-state index is -0.730. The van der Waals surface area contributed by atoms with E-state index in [9.17, 15) is 14.6 Å². The van der Waals surface area contributed by atoms with Gasteiger partial charge in [-0.15, -0.1) is 12.4 Å². The number of phenols is 1. The van der Waals surface area contributed by atoms with E-state index in [2.05, 4.69) is 5.32 Å². The molecule has 0 aliphatic carbocycles. The summed E-state index contributed by atoms with van der Waals surface area (Å²) < 4.78 is 15.6. The van der Waals surface area contributed by atoms with Gasteiger partial charge in [0.25, 0.3) is 0 Å². The molecule has 2 atom stereocenters. The Morgan fingerprint density at radius 2 is 1.96 bits per heavy atom. The molecule has 0 unspecified atom stereocenters. The zero-order chi connectivity index (χ0) is 16.4. The van der Waals surface area contributed by atoms with Crippen molar-refractivity contribution in [3.63, 3.8) is 0 Å². The molecule has 0 aliphatic rings. The molecule has 3 N–H and O–H groups in total. The average molecular weight is 351 g/mol. The van der Waals surface area contributed by atoms with Crippen molar-refractivity contribution in [2.45, 2.75) is 12.1 Å². The molecule has 6 heteroatoms. The smallest absolute Gasteiger partial charge is 0.123 e. The van der Waals surface area contributed by atoms with Gasteiger partial charge < -0.3 is 20.1 Å². The van der Waals surface area contributed by atoms with Crippen LogP contribution in [0.25, 0.3) is 10.9 Å². The Balaban J connectivity index is 0.00000208. The third-order valence-corrected chi connectivity index (χ3v) is 3.97. The van der Waals surface area contributed by atoms with E-state index in [-0.39, 0.29) is 24.0 Å². The van der Waals surface area contributed by atoms with Gasteiger partial charge in [-0.3, -0.25) is 0 Å². The molecular formula is C18H20ClFN2O2. The maximum absolute atomic E-state index is 13.6. The van der Waals surface area contributed by atoms with Crippen LogP contribution in [0.15, 0.2) is 54.7 Å². The molecule has 0 aliphatic heterocycles. The largest absolute Gasteiger partial charge is 0.508 e. The van der Waals surface area contributed by atoms with E-state index < -0.39 is 12.1 Å². The van der Waals surface area contributed by atoms with Gasteiger partial charge in [0.05, 0.1) is 12.1 Å². The zero-order valence-corrected chi connectivity index (χ0v) is 14.0. The summed E-state index contributed by atoms with van der Waals surface area (Å²) >= 11 is 0. The molecule has 0 saturated heterocycles. The molecule has 128 valence electrons. The number of aromatic hydroxyl groups is 1. The predicted molar refractivity (Wildman–Crippen MR) is 95.3 cm³/mol. The van der Waals surface area contributed by atoms with Crippen LogP contribution in [0.5, 0.6) is 5.75 Å². The number of aliphatic hydroxyl groups excluding tert-OH is 1. The average Bonchev–Trinajstić information content (AvgIpc) is 2.91. The topological polar surface area (TPSA) is 57.4 Å². The van der Waals surface area contributed by atoms with E-state index in [0.717, 1.165) is 10.9 Å². The first-order valence-corrected chi connectivity index (χ1v) is 7.48. The summed E-state index contributed by atoms with van der Waals surface area (Å²) in [4.78, 5) is 0. The van der Waals surface area contributed by atoms with Gasteiger partial charge in [-0.05, 0) is 49.0 Å². The summed E-state index contributed by atoms with van der Waals surface area (Å²) in [6, 6.07) is 12.8. The lowest BCUT2D eigenvalue weighted by Gasteiger charge is -2.26. The minimum Gasteiger partial charge on any atom is -0.508 e. The van der Waals surface area contributed by atoms with E-state index in [1.54, 1.807) is 37.4 Å². The molecule has 1 aromatic heterocycles. The molecule has 0 saturated carbocycles. The molecule has 24 heavy (non-hydrogen) atoms. The number of hydrogen-bond donors (Lipinski definition) is 3. The van der Waals surface area contributed by atoms with Gasteiger partial charge in [0.1, 0.15) is 11.6 Å². The summed E-state index contributed by atoms with van der Waals surface area (Å²) in [6.45, 7) is 0.374. The Kier molecular flexibility index (Phi) is 5.83. The van der Waals surface area contributed by atoms with E-state index in [1.165, 1.54) is 12.1 Å². The Hall–Kier alpha value is -2.08. The molecule has 1 heterocycles. The number of halogens is 2. The zero-order valence-electron chi connectivity index (χ0n) is 13.2. The highest BCUT2D eigenvalue weighted by atomic mass is 35.5. The van der Waals surface area contributed by atoms with E-state index in [0.29, 0.717) is 12.1 Å². The van der Waals surface area contributed by atoms with Crippen LogP contribution in [0.3, 0.4) is 0 Å². The molecular weight excluding hydrogens is 331 g/mol. The van der Waals surface area contributed by atoms with Crippen LogP contribution in [0.2, 0.25) is 0 Å². The van der Waals surface area contributed by atoms with Crippen molar-refractivity contribution in [1.29, 1.82) is 0 Å². The van der Waals surface area contributed by atoms with Gasteiger partial charge in [-0.1, -0.05) is 12.1 Å². The van der Waals surface area contributed by atoms with Crippen LogP contribution in [-0.2, 0) is 0 Å². The van der Waals surface area contributed by atoms with Crippen LogP contribution in [0.4, 0.5) is 4.39 Å². The number of aromatic nitrogens is 1. The Morgan fingerprint density at radius 1 is 1.17 bits per heavy atom. The maximum Gasteiger partial charge on any atom is 0.123 e. The Bertz CT molecular complexity index is 822. The molecule has 0 spiro atoms. The third kappa shape index (κ3) is 3.53. The second kappa shape index (κ2) is 7.66. The number of nitrogens with one attached hydrogen (secondary N) is 1. The number of aliphatic hydroxyl groups is 1. The number of fused-ring (bicyclic) bond motifs is 1. The summed E-state index contributed by atoms with van der Waals surface area (Å²) in [6.07, 6.45) is 1.12. The molecule has 0 radical (unpaired) electrons. The minimum absolute atomic E-state index is 0. The Labute approximate surface area is 146 Å². The molecule has 2 aromatic carbocycles. The lowest BCUT2D eigenvalue weighted by Crippen LogP contribution is -2.33. The second-order valence-corrected chi connectivity index (χ2v) is 5.59. The SMILES string of the molecule is CNC[C@@H](O)[C@H](c1cccc(F)c1)n1ccc2cc(O)ccc21.Cl. The van der Waals surface area contributed by atoms with Crippen LogP contribution < -0.4 is 5.32 Å². The molecule has 0 bridgehead atoms. The second-order valence-electron chi connectivity index (χ2n) is 5.59. The molecule has 3 aromatic rings. The monoisotopic (exact) mass is 350 g/mol. The quantitative estimate of drug-likeness (QED) is 0.663. The lowest BCUT2D eigenvalue weighted by molar-refractivity contribution is 0.132. The number of nitrogens with zero attached hydrogens (tertiary/aromatic N) is 1. The number of phenolic OH excluding ortho intramolecular Hbond substituents is 1. The third-order valence-electron chi connectivity index (χ3n) is 3.97. The number of rotatable bonds is 5. The normalized spacial score (nSPS) is 13.5. The first kappa shape index (κ1) is 18.3.